The lowest BCUT2D eigenvalue weighted by Crippen LogP contribution is -1.97. The van der Waals surface area contributed by atoms with Crippen molar-refractivity contribution in [1.82, 2.24) is 9.97 Å². The number of allylic oxidation sites excluding steroid dienone is 2. The SMILES string of the molecule is C/C=C(\C=NC)c1cnc(N)c(-c2nc3ccccc3s2)c1. The summed E-state index contributed by atoms with van der Waals surface area (Å²) in [5, 5.41) is 0.886. The normalized spacial score (nSPS) is 12.4. The van der Waals surface area contributed by atoms with Crippen molar-refractivity contribution in [2.75, 3.05) is 12.8 Å². The van der Waals surface area contributed by atoms with E-state index in [1.165, 1.54) is 0 Å². The highest BCUT2D eigenvalue weighted by atomic mass is 32.1. The van der Waals surface area contributed by atoms with Gasteiger partial charge in [-0.3, -0.25) is 4.99 Å². The zero-order valence-electron chi connectivity index (χ0n) is 12.4. The summed E-state index contributed by atoms with van der Waals surface area (Å²) in [7, 11) is 1.75. The van der Waals surface area contributed by atoms with E-state index in [9.17, 15) is 0 Å². The maximum atomic E-state index is 6.06. The standard InChI is InChI=1S/C17H16N4S/c1-3-11(9-19-2)12-8-13(16(18)20-10-12)17-21-14-6-4-5-7-15(14)22-17/h3-10H,1-2H3,(H2,18,20)/b11-3+,19-9?. The highest BCUT2D eigenvalue weighted by molar-refractivity contribution is 7.21. The van der Waals surface area contributed by atoms with Crippen LogP contribution in [0.15, 0.2) is 47.6 Å². The zero-order chi connectivity index (χ0) is 15.5. The van der Waals surface area contributed by atoms with E-state index in [1.807, 2.05) is 43.5 Å². The lowest BCUT2D eigenvalue weighted by molar-refractivity contribution is 1.31. The number of hydrogen-bond acceptors (Lipinski definition) is 5. The lowest BCUT2D eigenvalue weighted by Gasteiger charge is -2.06. The first-order chi connectivity index (χ1) is 10.7. The van der Waals surface area contributed by atoms with Gasteiger partial charge in [0, 0.05) is 25.0 Å². The Labute approximate surface area is 133 Å². The van der Waals surface area contributed by atoms with Crippen LogP contribution in [0.1, 0.15) is 12.5 Å². The van der Waals surface area contributed by atoms with Gasteiger partial charge in [-0.15, -0.1) is 11.3 Å². The molecule has 22 heavy (non-hydrogen) atoms. The van der Waals surface area contributed by atoms with Gasteiger partial charge in [-0.2, -0.15) is 0 Å². The number of rotatable bonds is 3. The molecular weight excluding hydrogens is 292 g/mol. The van der Waals surface area contributed by atoms with E-state index < -0.39 is 0 Å². The van der Waals surface area contributed by atoms with Crippen molar-refractivity contribution in [3.63, 3.8) is 0 Å². The molecule has 3 aromatic rings. The van der Waals surface area contributed by atoms with Gasteiger partial charge in [0.25, 0.3) is 0 Å². The Morgan fingerprint density at radius 2 is 2.14 bits per heavy atom. The topological polar surface area (TPSA) is 64.2 Å². The summed E-state index contributed by atoms with van der Waals surface area (Å²) in [6.45, 7) is 1.98. The van der Waals surface area contributed by atoms with E-state index in [0.717, 1.165) is 31.9 Å². The predicted octanol–water partition coefficient (Wildman–Crippen LogP) is 4.04. The summed E-state index contributed by atoms with van der Waals surface area (Å²) in [6.07, 6.45) is 5.58. The van der Waals surface area contributed by atoms with Crippen molar-refractivity contribution in [3.8, 4) is 10.6 Å². The second-order valence-corrected chi connectivity index (χ2v) is 5.81. The number of anilines is 1. The van der Waals surface area contributed by atoms with Gasteiger partial charge in [0.2, 0.25) is 0 Å². The molecule has 0 spiro atoms. The molecule has 0 aliphatic heterocycles. The van der Waals surface area contributed by atoms with Crippen LogP contribution in [0.2, 0.25) is 0 Å². The molecule has 1 aromatic carbocycles. The number of aliphatic imine (C=N–C) groups is 1. The van der Waals surface area contributed by atoms with Crippen molar-refractivity contribution >= 4 is 39.2 Å². The molecule has 0 unspecified atom stereocenters. The number of fused-ring (bicyclic) bond motifs is 1. The molecule has 2 heterocycles. The van der Waals surface area contributed by atoms with Crippen LogP contribution in [-0.4, -0.2) is 23.2 Å². The summed E-state index contributed by atoms with van der Waals surface area (Å²) in [5.74, 6) is 0.492. The average molecular weight is 308 g/mol. The molecule has 5 heteroatoms. The van der Waals surface area contributed by atoms with Gasteiger partial charge in [-0.25, -0.2) is 9.97 Å². The first-order valence-corrected chi connectivity index (χ1v) is 7.75. The van der Waals surface area contributed by atoms with E-state index in [-0.39, 0.29) is 0 Å². The maximum Gasteiger partial charge on any atom is 0.133 e. The maximum absolute atomic E-state index is 6.06. The van der Waals surface area contributed by atoms with E-state index in [2.05, 4.69) is 21.0 Å². The van der Waals surface area contributed by atoms with Gasteiger partial charge in [0.05, 0.1) is 15.8 Å². The predicted molar refractivity (Wildman–Crippen MR) is 95.3 cm³/mol. The molecular formula is C17H16N4S. The number of nitrogen functional groups attached to an aromatic ring is 1. The zero-order valence-corrected chi connectivity index (χ0v) is 13.3. The first kappa shape index (κ1) is 14.4. The summed E-state index contributed by atoms with van der Waals surface area (Å²) in [4.78, 5) is 13.1. The Bertz CT molecular complexity index is 844. The molecule has 2 N–H and O–H groups in total. The second kappa shape index (κ2) is 6.07. The average Bonchev–Trinajstić information content (AvgIpc) is 2.97. The van der Waals surface area contributed by atoms with Gasteiger partial charge >= 0.3 is 0 Å². The summed E-state index contributed by atoms with van der Waals surface area (Å²) >= 11 is 1.62. The lowest BCUT2D eigenvalue weighted by atomic mass is 10.1. The monoisotopic (exact) mass is 308 g/mol. The molecule has 0 aliphatic carbocycles. The van der Waals surface area contributed by atoms with Crippen LogP contribution in [-0.2, 0) is 0 Å². The van der Waals surface area contributed by atoms with Crippen LogP contribution in [0.3, 0.4) is 0 Å². The summed E-state index contributed by atoms with van der Waals surface area (Å²) in [6, 6.07) is 10.1. The highest BCUT2D eigenvalue weighted by Crippen LogP contribution is 2.33. The number of thiazole rings is 1. The smallest absolute Gasteiger partial charge is 0.133 e. The Morgan fingerprint density at radius 3 is 2.86 bits per heavy atom. The molecule has 0 saturated heterocycles. The van der Waals surface area contributed by atoms with Crippen LogP contribution in [0.5, 0.6) is 0 Å². The third kappa shape index (κ3) is 2.63. The Kier molecular flexibility index (Phi) is 3.98. The molecule has 0 aliphatic rings. The first-order valence-electron chi connectivity index (χ1n) is 6.93. The minimum Gasteiger partial charge on any atom is -0.383 e. The highest BCUT2D eigenvalue weighted by Gasteiger charge is 2.12. The van der Waals surface area contributed by atoms with E-state index in [1.54, 1.807) is 24.6 Å². The minimum absolute atomic E-state index is 0.492. The fourth-order valence-corrected chi connectivity index (χ4v) is 3.24. The summed E-state index contributed by atoms with van der Waals surface area (Å²) < 4.78 is 1.14. The number of hydrogen-bond donors (Lipinski definition) is 1. The number of nitrogens with zero attached hydrogens (tertiary/aromatic N) is 3. The quantitative estimate of drug-likeness (QED) is 0.743. The Morgan fingerprint density at radius 1 is 1.32 bits per heavy atom. The molecule has 110 valence electrons. The molecule has 2 aromatic heterocycles. The molecule has 0 bridgehead atoms. The number of aromatic nitrogens is 2. The number of nitrogens with two attached hydrogens (primary N) is 1. The fourth-order valence-electron chi connectivity index (χ4n) is 2.25. The fraction of sp³-hybridized carbons (Fsp3) is 0.118. The molecule has 0 radical (unpaired) electrons. The largest absolute Gasteiger partial charge is 0.383 e. The molecule has 4 nitrogen and oxygen atoms in total. The Balaban J connectivity index is 2.13. The molecule has 0 amide bonds. The van der Waals surface area contributed by atoms with Gasteiger partial charge in [0.1, 0.15) is 10.8 Å². The van der Waals surface area contributed by atoms with Crippen LogP contribution in [0, 0.1) is 0 Å². The van der Waals surface area contributed by atoms with Gasteiger partial charge in [-0.1, -0.05) is 18.2 Å². The molecule has 0 fully saturated rings. The van der Waals surface area contributed by atoms with Crippen molar-refractivity contribution < 1.29 is 0 Å². The van der Waals surface area contributed by atoms with Gasteiger partial charge in [0.15, 0.2) is 0 Å². The molecule has 3 rings (SSSR count). The van der Waals surface area contributed by atoms with Crippen LogP contribution in [0.4, 0.5) is 5.82 Å². The number of benzene rings is 1. The van der Waals surface area contributed by atoms with Crippen molar-refractivity contribution in [2.45, 2.75) is 6.92 Å². The molecule has 0 saturated carbocycles. The third-order valence-corrected chi connectivity index (χ3v) is 4.43. The summed E-state index contributed by atoms with van der Waals surface area (Å²) in [5.41, 5.74) is 9.90. The van der Waals surface area contributed by atoms with E-state index in [4.69, 9.17) is 5.73 Å². The van der Waals surface area contributed by atoms with Crippen LogP contribution >= 0.6 is 11.3 Å². The van der Waals surface area contributed by atoms with Crippen LogP contribution in [0.25, 0.3) is 26.4 Å². The van der Waals surface area contributed by atoms with Gasteiger partial charge < -0.3 is 5.73 Å². The van der Waals surface area contributed by atoms with Crippen LogP contribution < -0.4 is 5.73 Å². The Hall–Kier alpha value is -2.53. The molecule has 0 atom stereocenters. The van der Waals surface area contributed by atoms with E-state index in [0.29, 0.717) is 5.82 Å². The second-order valence-electron chi connectivity index (χ2n) is 4.77. The minimum atomic E-state index is 0.492. The third-order valence-electron chi connectivity index (χ3n) is 3.36. The van der Waals surface area contributed by atoms with Crippen molar-refractivity contribution in [2.24, 2.45) is 4.99 Å². The van der Waals surface area contributed by atoms with Crippen molar-refractivity contribution in [1.29, 1.82) is 0 Å². The van der Waals surface area contributed by atoms with E-state index >= 15 is 0 Å². The number of para-hydroxylation sites is 1. The number of pyridine rings is 1. The van der Waals surface area contributed by atoms with Gasteiger partial charge in [-0.05, 0) is 30.7 Å². The van der Waals surface area contributed by atoms with Crippen molar-refractivity contribution in [3.05, 3.63) is 48.2 Å².